The molecule has 6 nitrogen and oxygen atoms in total. The van der Waals surface area contributed by atoms with E-state index in [1.54, 1.807) is 19.4 Å². The molecule has 1 aliphatic heterocycles. The van der Waals surface area contributed by atoms with E-state index in [9.17, 15) is 4.39 Å². The highest BCUT2D eigenvalue weighted by atomic mass is 127. The Bertz CT molecular complexity index is 717. The van der Waals surface area contributed by atoms with E-state index in [0.29, 0.717) is 12.2 Å². The van der Waals surface area contributed by atoms with E-state index in [2.05, 4.69) is 25.4 Å². The van der Waals surface area contributed by atoms with Gasteiger partial charge in [0.2, 0.25) is 0 Å². The fourth-order valence-corrected chi connectivity index (χ4v) is 3.23. The molecule has 1 fully saturated rings. The number of aliphatic imine (C=N–C) groups is 1. The van der Waals surface area contributed by atoms with E-state index >= 15 is 0 Å². The fourth-order valence-electron chi connectivity index (χ4n) is 3.23. The topological polar surface area (TPSA) is 56.0 Å². The summed E-state index contributed by atoms with van der Waals surface area (Å²) in [7, 11) is 1.76. The molecule has 154 valence electrons. The third-order valence-electron chi connectivity index (χ3n) is 4.74. The van der Waals surface area contributed by atoms with Crippen molar-refractivity contribution in [3.05, 3.63) is 54.2 Å². The molecule has 0 bridgehead atoms. The monoisotopic (exact) mass is 501 g/mol. The smallest absolute Gasteiger partial charge is 0.191 e. The van der Waals surface area contributed by atoms with Crippen molar-refractivity contribution in [1.82, 2.24) is 15.5 Å². The third kappa shape index (κ3) is 6.66. The van der Waals surface area contributed by atoms with Gasteiger partial charge in [0, 0.05) is 39.8 Å². The number of hydrogen-bond acceptors (Lipinski definition) is 4. The molecule has 1 aromatic heterocycles. The van der Waals surface area contributed by atoms with Crippen molar-refractivity contribution in [3.63, 3.8) is 0 Å². The maximum absolute atomic E-state index is 13.9. The SMILES string of the molecule is CN=C(NCCCN1CCN(c2ccccc2F)CC1)NCc1ccco1.I. The van der Waals surface area contributed by atoms with Gasteiger partial charge >= 0.3 is 0 Å². The van der Waals surface area contributed by atoms with Gasteiger partial charge in [0.1, 0.15) is 11.6 Å². The number of para-hydroxylation sites is 1. The third-order valence-corrected chi connectivity index (χ3v) is 4.74. The van der Waals surface area contributed by atoms with Crippen molar-refractivity contribution in [3.8, 4) is 0 Å². The van der Waals surface area contributed by atoms with Gasteiger partial charge in [0.15, 0.2) is 5.96 Å². The number of nitrogens with one attached hydrogen (secondary N) is 2. The summed E-state index contributed by atoms with van der Waals surface area (Å²) >= 11 is 0. The van der Waals surface area contributed by atoms with Gasteiger partial charge in [-0.3, -0.25) is 9.89 Å². The molecule has 0 aliphatic carbocycles. The number of furan rings is 1. The highest BCUT2D eigenvalue weighted by molar-refractivity contribution is 14.0. The Hall–Kier alpha value is -1.81. The van der Waals surface area contributed by atoms with Crippen LogP contribution < -0.4 is 15.5 Å². The van der Waals surface area contributed by atoms with Gasteiger partial charge in [-0.15, -0.1) is 24.0 Å². The molecule has 1 aromatic carbocycles. The standard InChI is InChI=1S/C20H28FN5O.HI/c1-22-20(24-16-17-6-4-15-27-17)23-9-5-10-25-11-13-26(14-12-25)19-8-3-2-7-18(19)21;/h2-4,6-8,15H,5,9-14,16H2,1H3,(H2,22,23,24);1H. The van der Waals surface area contributed by atoms with E-state index in [1.807, 2.05) is 24.3 Å². The average molecular weight is 501 g/mol. The van der Waals surface area contributed by atoms with Crippen molar-refractivity contribution in [1.29, 1.82) is 0 Å². The molecule has 2 N–H and O–H groups in total. The number of guanidine groups is 1. The van der Waals surface area contributed by atoms with E-state index in [1.165, 1.54) is 6.07 Å². The molecule has 1 aliphatic rings. The fraction of sp³-hybridized carbons (Fsp3) is 0.450. The second-order valence-corrected chi connectivity index (χ2v) is 6.57. The molecule has 28 heavy (non-hydrogen) atoms. The van der Waals surface area contributed by atoms with E-state index in [4.69, 9.17) is 4.42 Å². The number of benzene rings is 1. The Balaban J connectivity index is 0.00000280. The van der Waals surface area contributed by atoms with Gasteiger partial charge in [-0.25, -0.2) is 4.39 Å². The number of nitrogens with zero attached hydrogens (tertiary/aromatic N) is 3. The van der Waals surface area contributed by atoms with Crippen LogP contribution in [0.4, 0.5) is 10.1 Å². The molecule has 0 radical (unpaired) electrons. The minimum absolute atomic E-state index is 0. The Morgan fingerprint density at radius 3 is 2.57 bits per heavy atom. The number of hydrogen-bond donors (Lipinski definition) is 2. The molecule has 2 heterocycles. The Morgan fingerprint density at radius 1 is 1.11 bits per heavy atom. The Morgan fingerprint density at radius 2 is 1.89 bits per heavy atom. The lowest BCUT2D eigenvalue weighted by atomic mass is 10.2. The normalized spacial score (nSPS) is 15.2. The second-order valence-electron chi connectivity index (χ2n) is 6.57. The highest BCUT2D eigenvalue weighted by Crippen LogP contribution is 2.20. The molecule has 0 atom stereocenters. The van der Waals surface area contributed by atoms with Crippen LogP contribution in [0.15, 0.2) is 52.1 Å². The lowest BCUT2D eigenvalue weighted by Gasteiger charge is -2.36. The van der Waals surface area contributed by atoms with Gasteiger partial charge in [-0.2, -0.15) is 0 Å². The van der Waals surface area contributed by atoms with Crippen molar-refractivity contribution in [2.45, 2.75) is 13.0 Å². The van der Waals surface area contributed by atoms with Crippen LogP contribution >= 0.6 is 24.0 Å². The van der Waals surface area contributed by atoms with Crippen molar-refractivity contribution in [2.75, 3.05) is 51.2 Å². The van der Waals surface area contributed by atoms with Gasteiger partial charge < -0.3 is 20.0 Å². The van der Waals surface area contributed by atoms with Gasteiger partial charge in [-0.1, -0.05) is 12.1 Å². The molecule has 0 saturated carbocycles. The first-order valence-electron chi connectivity index (χ1n) is 9.45. The summed E-state index contributed by atoms with van der Waals surface area (Å²) in [5.74, 6) is 1.52. The summed E-state index contributed by atoms with van der Waals surface area (Å²) in [6, 6.07) is 10.8. The van der Waals surface area contributed by atoms with Crippen LogP contribution in [-0.4, -0.2) is 57.2 Å². The van der Waals surface area contributed by atoms with Crippen LogP contribution in [0.25, 0.3) is 0 Å². The summed E-state index contributed by atoms with van der Waals surface area (Å²) < 4.78 is 19.2. The number of halogens is 2. The van der Waals surface area contributed by atoms with Gasteiger partial charge in [0.25, 0.3) is 0 Å². The maximum atomic E-state index is 13.9. The van der Waals surface area contributed by atoms with E-state index in [0.717, 1.165) is 57.4 Å². The first-order valence-corrected chi connectivity index (χ1v) is 9.45. The predicted molar refractivity (Wildman–Crippen MR) is 122 cm³/mol. The first kappa shape index (κ1) is 22.5. The van der Waals surface area contributed by atoms with E-state index in [-0.39, 0.29) is 29.8 Å². The number of anilines is 1. The van der Waals surface area contributed by atoms with Crippen LogP contribution in [-0.2, 0) is 6.54 Å². The molecular weight excluding hydrogens is 472 g/mol. The predicted octanol–water partition coefficient (Wildman–Crippen LogP) is 2.91. The highest BCUT2D eigenvalue weighted by Gasteiger charge is 2.18. The zero-order chi connectivity index (χ0) is 18.9. The van der Waals surface area contributed by atoms with Gasteiger partial charge in [0.05, 0.1) is 18.5 Å². The molecule has 0 spiro atoms. The molecule has 8 heteroatoms. The van der Waals surface area contributed by atoms with Crippen LogP contribution in [0.3, 0.4) is 0 Å². The minimum atomic E-state index is -0.136. The molecule has 0 amide bonds. The number of piperazine rings is 1. The average Bonchev–Trinajstić information content (AvgIpc) is 3.22. The second kappa shape index (κ2) is 11.9. The summed E-state index contributed by atoms with van der Waals surface area (Å²) in [5, 5.41) is 6.55. The van der Waals surface area contributed by atoms with Gasteiger partial charge in [-0.05, 0) is 37.2 Å². The summed E-state index contributed by atoms with van der Waals surface area (Å²) in [6.45, 7) is 6.13. The van der Waals surface area contributed by atoms with E-state index < -0.39 is 0 Å². The lowest BCUT2D eigenvalue weighted by molar-refractivity contribution is 0.254. The summed E-state index contributed by atoms with van der Waals surface area (Å²) in [5.41, 5.74) is 0.713. The Labute approximate surface area is 183 Å². The number of rotatable bonds is 7. The zero-order valence-electron chi connectivity index (χ0n) is 16.2. The summed E-state index contributed by atoms with van der Waals surface area (Å²) in [6.07, 6.45) is 2.69. The molecule has 3 rings (SSSR count). The Kier molecular flexibility index (Phi) is 9.56. The van der Waals surface area contributed by atoms with Crippen LogP contribution in [0.2, 0.25) is 0 Å². The lowest BCUT2D eigenvalue weighted by Crippen LogP contribution is -2.47. The molecule has 0 unspecified atom stereocenters. The largest absolute Gasteiger partial charge is 0.467 e. The van der Waals surface area contributed by atoms with Crippen molar-refractivity contribution >= 4 is 35.6 Å². The van der Waals surface area contributed by atoms with Crippen molar-refractivity contribution in [2.24, 2.45) is 4.99 Å². The van der Waals surface area contributed by atoms with Crippen molar-refractivity contribution < 1.29 is 8.81 Å². The maximum Gasteiger partial charge on any atom is 0.191 e. The van der Waals surface area contributed by atoms with Crippen LogP contribution in [0.1, 0.15) is 12.2 Å². The summed E-state index contributed by atoms with van der Waals surface area (Å²) in [4.78, 5) is 8.78. The quantitative estimate of drug-likeness (QED) is 0.265. The zero-order valence-corrected chi connectivity index (χ0v) is 18.6. The first-order chi connectivity index (χ1) is 13.3. The molecule has 1 saturated heterocycles. The van der Waals surface area contributed by atoms with Crippen LogP contribution in [0, 0.1) is 5.82 Å². The minimum Gasteiger partial charge on any atom is -0.467 e. The molecule has 2 aromatic rings. The van der Waals surface area contributed by atoms with Crippen LogP contribution in [0.5, 0.6) is 0 Å². The molecular formula is C20H29FIN5O.